The van der Waals surface area contributed by atoms with Gasteiger partial charge in [0.05, 0.1) is 15.8 Å². The van der Waals surface area contributed by atoms with Gasteiger partial charge in [-0.2, -0.15) is 0 Å². The SMILES string of the molecule is C#CCOC(=O)c1ccc2nc(-c3cccc(F)c3)sc2c1. The molecule has 3 aromatic rings. The van der Waals surface area contributed by atoms with E-state index in [-0.39, 0.29) is 12.4 Å². The Morgan fingerprint density at radius 1 is 1.32 bits per heavy atom. The van der Waals surface area contributed by atoms with Crippen LogP contribution in [0.25, 0.3) is 20.8 Å². The highest BCUT2D eigenvalue weighted by Crippen LogP contribution is 2.31. The van der Waals surface area contributed by atoms with Crippen molar-refractivity contribution in [2.75, 3.05) is 6.61 Å². The van der Waals surface area contributed by atoms with E-state index in [1.807, 2.05) is 0 Å². The maximum Gasteiger partial charge on any atom is 0.339 e. The van der Waals surface area contributed by atoms with Gasteiger partial charge in [0.2, 0.25) is 0 Å². The van der Waals surface area contributed by atoms with Crippen LogP contribution in [-0.4, -0.2) is 17.6 Å². The molecule has 3 rings (SSSR count). The largest absolute Gasteiger partial charge is 0.449 e. The molecule has 1 heterocycles. The number of hydrogen-bond donors (Lipinski definition) is 0. The maximum absolute atomic E-state index is 13.3. The smallest absolute Gasteiger partial charge is 0.339 e. The molecule has 0 fully saturated rings. The molecule has 5 heteroatoms. The summed E-state index contributed by atoms with van der Waals surface area (Å²) in [5.74, 6) is 1.47. The van der Waals surface area contributed by atoms with E-state index in [2.05, 4.69) is 10.9 Å². The zero-order valence-corrected chi connectivity index (χ0v) is 12.2. The van der Waals surface area contributed by atoms with Crippen LogP contribution in [0.4, 0.5) is 4.39 Å². The van der Waals surface area contributed by atoms with Crippen LogP contribution in [0.2, 0.25) is 0 Å². The fourth-order valence-corrected chi connectivity index (χ4v) is 2.99. The van der Waals surface area contributed by atoms with Crippen LogP contribution in [0.1, 0.15) is 10.4 Å². The number of benzene rings is 2. The molecule has 0 radical (unpaired) electrons. The third kappa shape index (κ3) is 2.83. The summed E-state index contributed by atoms with van der Waals surface area (Å²) in [5.41, 5.74) is 1.87. The topological polar surface area (TPSA) is 39.2 Å². The first-order valence-electron chi connectivity index (χ1n) is 6.44. The summed E-state index contributed by atoms with van der Waals surface area (Å²) in [6.07, 6.45) is 5.06. The number of carbonyl (C=O) groups excluding carboxylic acids is 1. The van der Waals surface area contributed by atoms with Gasteiger partial charge in [0.15, 0.2) is 6.61 Å². The standard InChI is InChI=1S/C17H10FNO2S/c1-2-8-21-17(20)12-6-7-14-15(10-12)22-16(19-14)11-4-3-5-13(18)9-11/h1,3-7,9-10H,8H2. The van der Waals surface area contributed by atoms with E-state index in [4.69, 9.17) is 11.2 Å². The van der Waals surface area contributed by atoms with E-state index in [1.165, 1.54) is 23.5 Å². The number of rotatable bonds is 3. The van der Waals surface area contributed by atoms with Crippen LogP contribution in [0.3, 0.4) is 0 Å². The Morgan fingerprint density at radius 2 is 2.18 bits per heavy atom. The van der Waals surface area contributed by atoms with Crippen molar-refractivity contribution in [2.24, 2.45) is 0 Å². The Balaban J connectivity index is 1.97. The predicted octanol–water partition coefficient (Wildman–Crippen LogP) is 3.89. The highest BCUT2D eigenvalue weighted by atomic mass is 32.1. The fraction of sp³-hybridized carbons (Fsp3) is 0.0588. The summed E-state index contributed by atoms with van der Waals surface area (Å²) in [7, 11) is 0. The van der Waals surface area contributed by atoms with Crippen molar-refractivity contribution in [3.63, 3.8) is 0 Å². The summed E-state index contributed by atoms with van der Waals surface area (Å²) in [6.45, 7) is -0.0614. The third-order valence-corrected chi connectivity index (χ3v) is 4.05. The fourth-order valence-electron chi connectivity index (χ4n) is 1.99. The quantitative estimate of drug-likeness (QED) is 0.544. The predicted molar refractivity (Wildman–Crippen MR) is 84.1 cm³/mol. The van der Waals surface area contributed by atoms with Gasteiger partial charge in [0, 0.05) is 5.56 Å². The van der Waals surface area contributed by atoms with Gasteiger partial charge in [-0.1, -0.05) is 18.1 Å². The van der Waals surface area contributed by atoms with Gasteiger partial charge in [0.1, 0.15) is 10.8 Å². The van der Waals surface area contributed by atoms with E-state index in [1.54, 1.807) is 30.3 Å². The van der Waals surface area contributed by atoms with Crippen LogP contribution in [0, 0.1) is 18.2 Å². The number of aromatic nitrogens is 1. The highest BCUT2D eigenvalue weighted by Gasteiger charge is 2.11. The van der Waals surface area contributed by atoms with Crippen LogP contribution >= 0.6 is 11.3 Å². The molecule has 0 unspecified atom stereocenters. The van der Waals surface area contributed by atoms with Crippen molar-refractivity contribution in [1.29, 1.82) is 0 Å². The maximum atomic E-state index is 13.3. The molecule has 0 aliphatic rings. The second kappa shape index (κ2) is 5.96. The second-order valence-electron chi connectivity index (χ2n) is 4.49. The van der Waals surface area contributed by atoms with Crippen molar-refractivity contribution >= 4 is 27.5 Å². The number of esters is 1. The first-order valence-corrected chi connectivity index (χ1v) is 7.26. The molecule has 0 saturated heterocycles. The Labute approximate surface area is 130 Å². The molecule has 0 spiro atoms. The normalized spacial score (nSPS) is 10.4. The average molecular weight is 311 g/mol. The summed E-state index contributed by atoms with van der Waals surface area (Å²) >= 11 is 1.39. The van der Waals surface area contributed by atoms with E-state index in [0.717, 1.165) is 10.2 Å². The van der Waals surface area contributed by atoms with Gasteiger partial charge in [-0.05, 0) is 30.3 Å². The lowest BCUT2D eigenvalue weighted by molar-refractivity contribution is 0.0557. The third-order valence-electron chi connectivity index (χ3n) is 2.98. The molecule has 0 aliphatic heterocycles. The first-order chi connectivity index (χ1) is 10.7. The zero-order chi connectivity index (χ0) is 15.5. The monoisotopic (exact) mass is 311 g/mol. The molecular formula is C17H10FNO2S. The van der Waals surface area contributed by atoms with Crippen LogP contribution in [-0.2, 0) is 4.74 Å². The van der Waals surface area contributed by atoms with Crippen molar-refractivity contribution in [3.8, 4) is 22.9 Å². The van der Waals surface area contributed by atoms with Crippen molar-refractivity contribution in [2.45, 2.75) is 0 Å². The first kappa shape index (κ1) is 14.2. The lowest BCUT2D eigenvalue weighted by Gasteiger charge is -2.00. The molecule has 0 aliphatic carbocycles. The summed E-state index contributed by atoms with van der Waals surface area (Å²) in [5, 5.41) is 0.698. The van der Waals surface area contributed by atoms with Gasteiger partial charge >= 0.3 is 5.97 Å². The molecule has 22 heavy (non-hydrogen) atoms. The minimum absolute atomic E-state index is 0.0614. The Hall–Kier alpha value is -2.71. The van der Waals surface area contributed by atoms with E-state index in [0.29, 0.717) is 16.1 Å². The number of nitrogens with zero attached hydrogens (tertiary/aromatic N) is 1. The lowest BCUT2D eigenvalue weighted by Crippen LogP contribution is -2.04. The van der Waals surface area contributed by atoms with Crippen molar-refractivity contribution < 1.29 is 13.9 Å². The zero-order valence-electron chi connectivity index (χ0n) is 11.4. The average Bonchev–Trinajstić information content (AvgIpc) is 2.95. The van der Waals surface area contributed by atoms with Crippen LogP contribution in [0.15, 0.2) is 42.5 Å². The Kier molecular flexibility index (Phi) is 3.86. The molecule has 0 atom stereocenters. The van der Waals surface area contributed by atoms with Gasteiger partial charge in [0.25, 0.3) is 0 Å². The van der Waals surface area contributed by atoms with E-state index >= 15 is 0 Å². The minimum Gasteiger partial charge on any atom is -0.449 e. The molecule has 1 aromatic heterocycles. The van der Waals surface area contributed by atoms with Crippen LogP contribution in [0.5, 0.6) is 0 Å². The van der Waals surface area contributed by atoms with Crippen molar-refractivity contribution in [3.05, 3.63) is 53.8 Å². The van der Waals surface area contributed by atoms with Gasteiger partial charge in [-0.3, -0.25) is 0 Å². The van der Waals surface area contributed by atoms with Crippen molar-refractivity contribution in [1.82, 2.24) is 4.98 Å². The summed E-state index contributed by atoms with van der Waals surface area (Å²) in [6, 6.07) is 11.3. The number of thiazole rings is 1. The molecule has 0 saturated carbocycles. The molecule has 0 bridgehead atoms. The Morgan fingerprint density at radius 3 is 2.95 bits per heavy atom. The van der Waals surface area contributed by atoms with E-state index < -0.39 is 5.97 Å². The molecule has 108 valence electrons. The number of hydrogen-bond acceptors (Lipinski definition) is 4. The number of terminal acetylenes is 1. The Bertz CT molecular complexity index is 895. The summed E-state index contributed by atoms with van der Waals surface area (Å²) < 4.78 is 19.0. The van der Waals surface area contributed by atoms with Gasteiger partial charge in [-0.15, -0.1) is 17.8 Å². The summed E-state index contributed by atoms with van der Waals surface area (Å²) in [4.78, 5) is 16.2. The molecule has 0 N–H and O–H groups in total. The van der Waals surface area contributed by atoms with Crippen LogP contribution < -0.4 is 0 Å². The van der Waals surface area contributed by atoms with Gasteiger partial charge < -0.3 is 4.74 Å². The number of halogens is 1. The number of fused-ring (bicyclic) bond motifs is 1. The minimum atomic E-state index is -0.472. The molecular weight excluding hydrogens is 301 g/mol. The highest BCUT2D eigenvalue weighted by molar-refractivity contribution is 7.21. The molecule has 3 nitrogen and oxygen atoms in total. The van der Waals surface area contributed by atoms with Gasteiger partial charge in [-0.25, -0.2) is 14.2 Å². The molecule has 2 aromatic carbocycles. The molecule has 0 amide bonds. The number of carbonyl (C=O) groups is 1. The lowest BCUT2D eigenvalue weighted by atomic mass is 10.2. The van der Waals surface area contributed by atoms with E-state index in [9.17, 15) is 9.18 Å². The number of ether oxygens (including phenoxy) is 1. The second-order valence-corrected chi connectivity index (χ2v) is 5.52.